The van der Waals surface area contributed by atoms with Gasteiger partial charge < -0.3 is 5.32 Å². The zero-order valence-corrected chi connectivity index (χ0v) is 15.5. The number of carbonyl (C=O) groups excluding carboxylic acids is 3. The Morgan fingerprint density at radius 1 is 0.964 bits per heavy atom. The van der Waals surface area contributed by atoms with Crippen molar-refractivity contribution in [2.24, 2.45) is 0 Å². The van der Waals surface area contributed by atoms with E-state index in [9.17, 15) is 27.2 Å². The molecule has 1 N–H and O–H groups in total. The summed E-state index contributed by atoms with van der Waals surface area (Å²) < 4.78 is 37.1. The van der Waals surface area contributed by atoms with Gasteiger partial charge in [0, 0.05) is 12.2 Å². The normalized spacial score (nSPS) is 13.5. The molecule has 0 saturated heterocycles. The fraction of sp³-hybridized carbons (Fsp3) is 0.211. The van der Waals surface area contributed by atoms with Gasteiger partial charge in [-0.1, -0.05) is 12.1 Å². The third-order valence-electron chi connectivity index (χ3n) is 4.19. The summed E-state index contributed by atoms with van der Waals surface area (Å²) in [5, 5.41) is 2.38. The summed E-state index contributed by atoms with van der Waals surface area (Å²) in [5.74, 6) is -3.21. The Bertz CT molecular complexity index is 1000. The van der Waals surface area contributed by atoms with Gasteiger partial charge in [0.2, 0.25) is 5.91 Å². The second-order valence-electron chi connectivity index (χ2n) is 6.31. The zero-order valence-electron chi connectivity index (χ0n) is 14.7. The van der Waals surface area contributed by atoms with Crippen LogP contribution in [0.4, 0.5) is 10.1 Å². The third kappa shape index (κ3) is 4.42. The molecule has 0 radical (unpaired) electrons. The van der Waals surface area contributed by atoms with E-state index in [1.807, 2.05) is 0 Å². The first-order valence-electron chi connectivity index (χ1n) is 8.48. The maximum absolute atomic E-state index is 12.8. The molecule has 3 amide bonds. The van der Waals surface area contributed by atoms with Gasteiger partial charge in [0.05, 0.1) is 16.9 Å². The Labute approximate surface area is 161 Å². The molecule has 0 atom stereocenters. The van der Waals surface area contributed by atoms with Crippen molar-refractivity contribution < 1.29 is 27.2 Å². The standard InChI is InChI=1S/C19H17FN2O5S/c20-13-6-8-14(9-7-13)21-17(23)12-28(26,27)11-3-10-22-18(24)15-4-1-2-5-16(15)19(22)25/h1-2,4-9H,3,10-12H2,(H,21,23). The molecule has 0 saturated carbocycles. The van der Waals surface area contributed by atoms with Gasteiger partial charge in [-0.2, -0.15) is 0 Å². The first-order valence-corrected chi connectivity index (χ1v) is 10.3. The monoisotopic (exact) mass is 404 g/mol. The molecule has 0 fully saturated rings. The topological polar surface area (TPSA) is 101 Å². The molecule has 146 valence electrons. The molecule has 0 aromatic heterocycles. The maximum atomic E-state index is 12.8. The highest BCUT2D eigenvalue weighted by molar-refractivity contribution is 7.92. The number of halogens is 1. The van der Waals surface area contributed by atoms with Crippen LogP contribution >= 0.6 is 0 Å². The molecule has 0 bridgehead atoms. The van der Waals surface area contributed by atoms with Crippen LogP contribution in [0.2, 0.25) is 0 Å². The lowest BCUT2D eigenvalue weighted by Crippen LogP contribution is -2.32. The molecule has 1 aliphatic heterocycles. The number of hydrogen-bond donors (Lipinski definition) is 1. The summed E-state index contributed by atoms with van der Waals surface area (Å²) in [6.07, 6.45) is 0.0254. The lowest BCUT2D eigenvalue weighted by atomic mass is 10.1. The molecule has 0 unspecified atom stereocenters. The van der Waals surface area contributed by atoms with Crippen LogP contribution in [0.15, 0.2) is 48.5 Å². The minimum Gasteiger partial charge on any atom is -0.325 e. The number of benzene rings is 2. The summed E-state index contributed by atoms with van der Waals surface area (Å²) in [6.45, 7) is -0.0504. The van der Waals surface area contributed by atoms with E-state index in [1.165, 1.54) is 12.1 Å². The average molecular weight is 404 g/mol. The molecule has 9 heteroatoms. The van der Waals surface area contributed by atoms with E-state index in [1.54, 1.807) is 24.3 Å². The van der Waals surface area contributed by atoms with Crippen molar-refractivity contribution in [3.8, 4) is 0 Å². The number of amides is 3. The summed E-state index contributed by atoms with van der Waals surface area (Å²) in [7, 11) is -3.74. The van der Waals surface area contributed by atoms with Crippen molar-refractivity contribution >= 4 is 33.2 Å². The minimum atomic E-state index is -3.74. The number of imide groups is 1. The van der Waals surface area contributed by atoms with E-state index in [0.29, 0.717) is 11.1 Å². The number of fused-ring (bicyclic) bond motifs is 1. The van der Waals surface area contributed by atoms with Crippen molar-refractivity contribution in [1.29, 1.82) is 0 Å². The predicted octanol–water partition coefficient (Wildman–Crippen LogP) is 1.87. The minimum absolute atomic E-state index is 0.0254. The van der Waals surface area contributed by atoms with Crippen LogP contribution in [0, 0.1) is 5.82 Å². The van der Waals surface area contributed by atoms with Crippen molar-refractivity contribution in [3.05, 3.63) is 65.5 Å². The van der Waals surface area contributed by atoms with Gasteiger partial charge in [0.25, 0.3) is 11.8 Å². The van der Waals surface area contributed by atoms with Crippen LogP contribution in [-0.2, 0) is 14.6 Å². The Morgan fingerprint density at radius 2 is 1.54 bits per heavy atom. The summed E-state index contributed by atoms with van der Waals surface area (Å²) >= 11 is 0. The zero-order chi connectivity index (χ0) is 20.3. The number of nitrogens with zero attached hydrogens (tertiary/aromatic N) is 1. The number of nitrogens with one attached hydrogen (secondary N) is 1. The van der Waals surface area contributed by atoms with Crippen molar-refractivity contribution in [1.82, 2.24) is 4.90 Å². The fourth-order valence-corrected chi connectivity index (χ4v) is 4.07. The van der Waals surface area contributed by atoms with Crippen LogP contribution in [0.25, 0.3) is 0 Å². The van der Waals surface area contributed by atoms with E-state index >= 15 is 0 Å². The molecule has 0 spiro atoms. The first kappa shape index (κ1) is 19.7. The highest BCUT2D eigenvalue weighted by Gasteiger charge is 2.34. The van der Waals surface area contributed by atoms with Gasteiger partial charge in [-0.3, -0.25) is 19.3 Å². The number of rotatable bonds is 7. The van der Waals surface area contributed by atoms with Crippen LogP contribution in [0.1, 0.15) is 27.1 Å². The third-order valence-corrected chi connectivity index (χ3v) is 5.81. The average Bonchev–Trinajstić information content (AvgIpc) is 2.88. The second-order valence-corrected chi connectivity index (χ2v) is 8.49. The van der Waals surface area contributed by atoms with Gasteiger partial charge in [-0.25, -0.2) is 12.8 Å². The Morgan fingerprint density at radius 3 is 2.11 bits per heavy atom. The number of carbonyl (C=O) groups is 3. The van der Waals surface area contributed by atoms with Crippen LogP contribution in [-0.4, -0.2) is 49.1 Å². The van der Waals surface area contributed by atoms with Crippen molar-refractivity contribution in [2.45, 2.75) is 6.42 Å². The first-order chi connectivity index (χ1) is 13.3. The number of hydrogen-bond acceptors (Lipinski definition) is 5. The van der Waals surface area contributed by atoms with Crippen LogP contribution < -0.4 is 5.32 Å². The second kappa shape index (κ2) is 7.89. The van der Waals surface area contributed by atoms with Gasteiger partial charge in [-0.05, 0) is 42.8 Å². The molecule has 1 aliphatic rings. The van der Waals surface area contributed by atoms with E-state index in [2.05, 4.69) is 5.32 Å². The summed E-state index contributed by atoms with van der Waals surface area (Å²) in [5.41, 5.74) is 0.885. The Hall–Kier alpha value is -3.07. The number of anilines is 1. The Balaban J connectivity index is 1.51. The molecule has 2 aromatic rings. The van der Waals surface area contributed by atoms with Crippen molar-refractivity contribution in [2.75, 3.05) is 23.4 Å². The highest BCUT2D eigenvalue weighted by Crippen LogP contribution is 2.22. The van der Waals surface area contributed by atoms with E-state index in [-0.39, 0.29) is 24.4 Å². The van der Waals surface area contributed by atoms with Crippen LogP contribution in [0.5, 0.6) is 0 Å². The van der Waals surface area contributed by atoms with Crippen LogP contribution in [0.3, 0.4) is 0 Å². The molecule has 0 aliphatic carbocycles. The molecule has 28 heavy (non-hydrogen) atoms. The summed E-state index contributed by atoms with van der Waals surface area (Å²) in [6, 6.07) is 11.3. The highest BCUT2D eigenvalue weighted by atomic mass is 32.2. The maximum Gasteiger partial charge on any atom is 0.261 e. The van der Waals surface area contributed by atoms with Gasteiger partial charge >= 0.3 is 0 Å². The lowest BCUT2D eigenvalue weighted by molar-refractivity contribution is -0.113. The van der Waals surface area contributed by atoms with E-state index in [0.717, 1.165) is 17.0 Å². The molecule has 1 heterocycles. The fourth-order valence-electron chi connectivity index (χ4n) is 2.89. The quantitative estimate of drug-likeness (QED) is 0.710. The van der Waals surface area contributed by atoms with E-state index < -0.39 is 39.1 Å². The van der Waals surface area contributed by atoms with Gasteiger partial charge in [0.15, 0.2) is 9.84 Å². The SMILES string of the molecule is O=C(CS(=O)(=O)CCCN1C(=O)c2ccccc2C1=O)Nc1ccc(F)cc1. The Kier molecular flexibility index (Phi) is 5.55. The van der Waals surface area contributed by atoms with Gasteiger partial charge in [-0.15, -0.1) is 0 Å². The predicted molar refractivity (Wildman–Crippen MR) is 100 cm³/mol. The molecule has 3 rings (SSSR count). The largest absolute Gasteiger partial charge is 0.325 e. The molecule has 2 aromatic carbocycles. The molecular formula is C19H17FN2O5S. The van der Waals surface area contributed by atoms with E-state index in [4.69, 9.17) is 0 Å². The smallest absolute Gasteiger partial charge is 0.261 e. The number of sulfone groups is 1. The summed E-state index contributed by atoms with van der Waals surface area (Å²) in [4.78, 5) is 37.4. The molecule has 7 nitrogen and oxygen atoms in total. The molecular weight excluding hydrogens is 387 g/mol. The lowest BCUT2D eigenvalue weighted by Gasteiger charge is -2.13. The van der Waals surface area contributed by atoms with Gasteiger partial charge in [0.1, 0.15) is 11.6 Å². The van der Waals surface area contributed by atoms with Crippen molar-refractivity contribution in [3.63, 3.8) is 0 Å².